The average molecular weight is 494 g/mol. The van der Waals surface area contributed by atoms with E-state index < -0.39 is 0 Å². The van der Waals surface area contributed by atoms with E-state index in [2.05, 4.69) is 67.2 Å². The molecule has 1 aromatic heterocycles. The summed E-state index contributed by atoms with van der Waals surface area (Å²) in [5, 5.41) is 3.97. The molecule has 1 aromatic carbocycles. The van der Waals surface area contributed by atoms with E-state index in [1.807, 2.05) is 36.4 Å². The van der Waals surface area contributed by atoms with E-state index in [9.17, 15) is 0 Å². The maximum absolute atomic E-state index is 6.27. The number of piperidine rings is 1. The smallest absolute Gasteiger partial charge is 0.223 e. The highest BCUT2D eigenvalue weighted by Crippen LogP contribution is 2.41. The molecule has 4 nitrogen and oxygen atoms in total. The summed E-state index contributed by atoms with van der Waals surface area (Å²) in [7, 11) is 0. The molecule has 2 aromatic rings. The van der Waals surface area contributed by atoms with Crippen LogP contribution in [0.2, 0.25) is 0 Å². The number of para-hydroxylation sites is 1. The molecule has 0 saturated carbocycles. The lowest BCUT2D eigenvalue weighted by Gasteiger charge is -2.46. The molecule has 5 heteroatoms. The average Bonchev–Trinajstić information content (AvgIpc) is 2.83. The van der Waals surface area contributed by atoms with E-state index in [0.29, 0.717) is 23.8 Å². The maximum atomic E-state index is 6.27. The number of allylic oxidation sites excluding steroid dienone is 4. The number of benzene rings is 1. The topological polar surface area (TPSA) is 37.4 Å². The maximum Gasteiger partial charge on any atom is 0.223 e. The molecule has 1 N–H and O–H groups in total. The lowest BCUT2D eigenvalue weighted by molar-refractivity contribution is 0.0630. The number of rotatable bonds is 9. The first-order valence-electron chi connectivity index (χ1n) is 13.0. The second-order valence-corrected chi connectivity index (χ2v) is 11.6. The molecule has 4 rings (SSSR count). The summed E-state index contributed by atoms with van der Waals surface area (Å²) < 4.78 is 6.07. The number of likely N-dealkylation sites (tertiary alicyclic amines) is 1. The SMILES string of the molecule is CC(C)[C@H](CN1CC[C@H](C2=CCC(Cl)C=C2)C(C)(C)C1)NCc1cccnc1Oc1ccccc1. The van der Waals surface area contributed by atoms with Crippen LogP contribution in [0.15, 0.2) is 72.5 Å². The Labute approximate surface area is 216 Å². The molecule has 1 aliphatic heterocycles. The van der Waals surface area contributed by atoms with Crippen molar-refractivity contribution < 1.29 is 4.74 Å². The molecule has 35 heavy (non-hydrogen) atoms. The Morgan fingerprint density at radius 2 is 1.97 bits per heavy atom. The first-order valence-corrected chi connectivity index (χ1v) is 13.4. The van der Waals surface area contributed by atoms with Crippen molar-refractivity contribution in [1.29, 1.82) is 0 Å². The van der Waals surface area contributed by atoms with Gasteiger partial charge in [0.25, 0.3) is 0 Å². The van der Waals surface area contributed by atoms with E-state index in [4.69, 9.17) is 16.3 Å². The van der Waals surface area contributed by atoms with Crippen molar-refractivity contribution in [3.05, 3.63) is 78.0 Å². The third kappa shape index (κ3) is 6.97. The number of pyridine rings is 1. The Hall–Kier alpha value is -2.14. The Kier molecular flexibility index (Phi) is 8.69. The van der Waals surface area contributed by atoms with E-state index in [-0.39, 0.29) is 10.8 Å². The minimum Gasteiger partial charge on any atom is -0.439 e. The Bertz CT molecular complexity index is 1020. The van der Waals surface area contributed by atoms with E-state index >= 15 is 0 Å². The largest absolute Gasteiger partial charge is 0.439 e. The number of ether oxygens (including phenoxy) is 1. The van der Waals surface area contributed by atoms with Crippen LogP contribution in [0.1, 0.15) is 46.1 Å². The van der Waals surface area contributed by atoms with Crippen LogP contribution in [0, 0.1) is 17.3 Å². The molecular weight excluding hydrogens is 454 g/mol. The Morgan fingerprint density at radius 1 is 1.17 bits per heavy atom. The first-order chi connectivity index (χ1) is 16.8. The van der Waals surface area contributed by atoms with Crippen molar-refractivity contribution in [2.75, 3.05) is 19.6 Å². The number of nitrogens with zero attached hydrogens (tertiary/aromatic N) is 2. The number of aromatic nitrogens is 1. The van der Waals surface area contributed by atoms with Crippen molar-refractivity contribution in [3.8, 4) is 11.6 Å². The molecule has 1 fully saturated rings. The van der Waals surface area contributed by atoms with Crippen LogP contribution in [-0.4, -0.2) is 40.9 Å². The molecule has 1 unspecified atom stereocenters. The number of hydrogen-bond acceptors (Lipinski definition) is 4. The normalized spacial score (nSPS) is 23.2. The highest BCUT2D eigenvalue weighted by atomic mass is 35.5. The summed E-state index contributed by atoms with van der Waals surface area (Å²) >= 11 is 6.27. The highest BCUT2D eigenvalue weighted by Gasteiger charge is 2.38. The summed E-state index contributed by atoms with van der Waals surface area (Å²) in [6.45, 7) is 13.5. The first kappa shape index (κ1) is 25.9. The number of alkyl halides is 1. The van der Waals surface area contributed by atoms with Crippen LogP contribution >= 0.6 is 11.6 Å². The quantitative estimate of drug-likeness (QED) is 0.388. The molecule has 3 atom stereocenters. The predicted molar refractivity (Wildman–Crippen MR) is 146 cm³/mol. The lowest BCUT2D eigenvalue weighted by Crippen LogP contribution is -2.51. The van der Waals surface area contributed by atoms with Crippen LogP contribution in [-0.2, 0) is 6.54 Å². The Balaban J connectivity index is 1.36. The van der Waals surface area contributed by atoms with Crippen molar-refractivity contribution in [3.63, 3.8) is 0 Å². The van der Waals surface area contributed by atoms with Crippen molar-refractivity contribution in [2.45, 2.75) is 58.5 Å². The second kappa shape index (κ2) is 11.7. The van der Waals surface area contributed by atoms with E-state index in [0.717, 1.165) is 43.9 Å². The van der Waals surface area contributed by atoms with Gasteiger partial charge in [0.2, 0.25) is 5.88 Å². The van der Waals surface area contributed by atoms with Gasteiger partial charge in [0.1, 0.15) is 5.75 Å². The number of nitrogens with one attached hydrogen (secondary N) is 1. The van der Waals surface area contributed by atoms with Crippen molar-refractivity contribution in [2.24, 2.45) is 17.3 Å². The lowest BCUT2D eigenvalue weighted by atomic mass is 9.69. The summed E-state index contributed by atoms with van der Waals surface area (Å²) in [5.74, 6) is 2.60. The fourth-order valence-electron chi connectivity index (χ4n) is 5.39. The van der Waals surface area contributed by atoms with Crippen LogP contribution in [0.5, 0.6) is 11.6 Å². The van der Waals surface area contributed by atoms with Crippen molar-refractivity contribution >= 4 is 11.6 Å². The molecule has 0 spiro atoms. The monoisotopic (exact) mass is 493 g/mol. The van der Waals surface area contributed by atoms with Gasteiger partial charge in [0, 0.05) is 37.4 Å². The molecular formula is C30H40ClN3O. The van der Waals surface area contributed by atoms with Crippen LogP contribution in [0.25, 0.3) is 0 Å². The van der Waals surface area contributed by atoms with Gasteiger partial charge in [-0.3, -0.25) is 0 Å². The third-order valence-electron chi connectivity index (χ3n) is 7.41. The van der Waals surface area contributed by atoms with Gasteiger partial charge in [0.05, 0.1) is 5.38 Å². The van der Waals surface area contributed by atoms with Gasteiger partial charge in [-0.2, -0.15) is 0 Å². The van der Waals surface area contributed by atoms with Gasteiger partial charge < -0.3 is 15.0 Å². The van der Waals surface area contributed by atoms with Gasteiger partial charge in [-0.15, -0.1) is 11.6 Å². The molecule has 0 bridgehead atoms. The molecule has 2 aliphatic rings. The molecule has 0 radical (unpaired) electrons. The standard InChI is InChI=1S/C30H40ClN3O/c1-22(2)28(33-19-24-9-8-17-32-29(24)35-26-10-6-5-7-11-26)20-34-18-16-27(30(3,4)21-34)23-12-14-25(31)15-13-23/h5-14,17,22,25,27-28,33H,15-16,18-21H2,1-4H3/t25?,27-,28+/m1/s1. The number of halogens is 1. The van der Waals surface area contributed by atoms with E-state index in [1.54, 1.807) is 6.20 Å². The second-order valence-electron chi connectivity index (χ2n) is 11.0. The third-order valence-corrected chi connectivity index (χ3v) is 7.73. The summed E-state index contributed by atoms with van der Waals surface area (Å²) in [4.78, 5) is 7.15. The zero-order chi connectivity index (χ0) is 24.8. The fraction of sp³-hybridized carbons (Fsp3) is 0.500. The summed E-state index contributed by atoms with van der Waals surface area (Å²) in [6, 6.07) is 14.3. The Morgan fingerprint density at radius 3 is 2.66 bits per heavy atom. The van der Waals surface area contributed by atoms with Gasteiger partial charge in [-0.1, -0.05) is 70.2 Å². The van der Waals surface area contributed by atoms with Gasteiger partial charge in [-0.05, 0) is 60.4 Å². The highest BCUT2D eigenvalue weighted by molar-refractivity contribution is 6.22. The van der Waals surface area contributed by atoms with Gasteiger partial charge >= 0.3 is 0 Å². The van der Waals surface area contributed by atoms with Crippen molar-refractivity contribution in [1.82, 2.24) is 15.2 Å². The van der Waals surface area contributed by atoms with Gasteiger partial charge in [-0.25, -0.2) is 4.98 Å². The fourth-order valence-corrected chi connectivity index (χ4v) is 5.55. The minimum absolute atomic E-state index is 0.151. The predicted octanol–water partition coefficient (Wildman–Crippen LogP) is 6.83. The zero-order valence-electron chi connectivity index (χ0n) is 21.6. The summed E-state index contributed by atoms with van der Waals surface area (Å²) in [5.41, 5.74) is 2.79. The molecule has 1 aliphatic carbocycles. The minimum atomic E-state index is 0.151. The van der Waals surface area contributed by atoms with Crippen LogP contribution in [0.3, 0.4) is 0 Å². The van der Waals surface area contributed by atoms with E-state index in [1.165, 1.54) is 12.0 Å². The van der Waals surface area contributed by atoms with Gasteiger partial charge in [0.15, 0.2) is 0 Å². The molecule has 1 saturated heterocycles. The van der Waals surface area contributed by atoms with Crippen LogP contribution < -0.4 is 10.1 Å². The zero-order valence-corrected chi connectivity index (χ0v) is 22.3. The molecule has 0 amide bonds. The molecule has 2 heterocycles. The van der Waals surface area contributed by atoms with Crippen LogP contribution in [0.4, 0.5) is 0 Å². The number of hydrogen-bond donors (Lipinski definition) is 1. The summed E-state index contributed by atoms with van der Waals surface area (Å²) in [6.07, 6.45) is 10.7. The molecule has 188 valence electrons.